The number of H-pyrrole nitrogens is 1. The van der Waals surface area contributed by atoms with Gasteiger partial charge in [0.05, 0.1) is 0 Å². The highest BCUT2D eigenvalue weighted by Gasteiger charge is 2.16. The number of nitrogens with zero attached hydrogens (tertiary/aromatic N) is 1. The minimum atomic E-state index is -0.165. The second-order valence-corrected chi connectivity index (χ2v) is 6.55. The summed E-state index contributed by atoms with van der Waals surface area (Å²) < 4.78 is 0. The van der Waals surface area contributed by atoms with Crippen LogP contribution in [0.2, 0.25) is 0 Å². The number of benzene rings is 1. The molecular weight excluding hydrogens is 302 g/mol. The highest BCUT2D eigenvalue weighted by molar-refractivity contribution is 5.90. The lowest BCUT2D eigenvalue weighted by atomic mass is 10.0. The van der Waals surface area contributed by atoms with Gasteiger partial charge < -0.3 is 10.3 Å². The molecule has 1 aliphatic rings. The fourth-order valence-corrected chi connectivity index (χ4v) is 3.28. The average molecular weight is 325 g/mol. The van der Waals surface area contributed by atoms with Gasteiger partial charge in [0.2, 0.25) is 5.91 Å². The van der Waals surface area contributed by atoms with Crippen LogP contribution in [-0.2, 0) is 4.79 Å². The molecule has 24 heavy (non-hydrogen) atoms. The molecular formula is C19H23N3O2. The molecule has 3 rings (SSSR count). The van der Waals surface area contributed by atoms with Crippen LogP contribution in [0.3, 0.4) is 0 Å². The van der Waals surface area contributed by atoms with Crippen LogP contribution >= 0.6 is 0 Å². The van der Waals surface area contributed by atoms with Crippen molar-refractivity contribution in [3.05, 3.63) is 46.4 Å². The molecule has 0 bridgehead atoms. The summed E-state index contributed by atoms with van der Waals surface area (Å²) in [5, 5.41) is 2.94. The summed E-state index contributed by atoms with van der Waals surface area (Å²) in [6, 6.07) is 8.84. The number of aromatic amines is 1. The minimum Gasteiger partial charge on any atom is -0.326 e. The summed E-state index contributed by atoms with van der Waals surface area (Å²) in [5.74, 6) is 1.33. The predicted molar refractivity (Wildman–Crippen MR) is 94.9 cm³/mol. The van der Waals surface area contributed by atoms with Crippen LogP contribution < -0.4 is 10.9 Å². The molecule has 5 nitrogen and oxygen atoms in total. The number of aryl methyl sites for hydroxylation is 1. The molecule has 126 valence electrons. The van der Waals surface area contributed by atoms with Crippen molar-refractivity contribution >= 4 is 11.6 Å². The summed E-state index contributed by atoms with van der Waals surface area (Å²) in [6.45, 7) is 1.79. The number of hydrogen-bond donors (Lipinski definition) is 2. The van der Waals surface area contributed by atoms with E-state index in [1.54, 1.807) is 6.92 Å². The van der Waals surface area contributed by atoms with Gasteiger partial charge in [0.1, 0.15) is 5.82 Å². The van der Waals surface area contributed by atoms with Crippen LogP contribution in [0.4, 0.5) is 5.69 Å². The third-order valence-corrected chi connectivity index (χ3v) is 4.57. The summed E-state index contributed by atoms with van der Waals surface area (Å²) in [4.78, 5) is 30.6. The van der Waals surface area contributed by atoms with Crippen LogP contribution in [0.25, 0.3) is 11.4 Å². The van der Waals surface area contributed by atoms with E-state index in [1.165, 1.54) is 31.7 Å². The lowest BCUT2D eigenvalue weighted by Crippen LogP contribution is -2.12. The molecule has 0 radical (unpaired) electrons. The van der Waals surface area contributed by atoms with Gasteiger partial charge in [-0.1, -0.05) is 25.7 Å². The standard InChI is InChI=1S/C19H23N3O2/c1-13-12-18(24)22-19(20-13)15-7-9-16(10-8-15)21-17(23)11-6-14-4-2-3-5-14/h7-10,12,14H,2-6,11H2,1H3,(H,21,23)(H,20,22,24). The number of aromatic nitrogens is 2. The molecule has 0 atom stereocenters. The molecule has 2 N–H and O–H groups in total. The van der Waals surface area contributed by atoms with Crippen molar-refractivity contribution in [1.82, 2.24) is 9.97 Å². The van der Waals surface area contributed by atoms with Crippen LogP contribution in [0.5, 0.6) is 0 Å². The van der Waals surface area contributed by atoms with Crippen molar-refractivity contribution in [2.24, 2.45) is 5.92 Å². The van der Waals surface area contributed by atoms with E-state index in [1.807, 2.05) is 24.3 Å². The number of hydrogen-bond acceptors (Lipinski definition) is 3. The molecule has 1 heterocycles. The van der Waals surface area contributed by atoms with Gasteiger partial charge in [-0.3, -0.25) is 9.59 Å². The quantitative estimate of drug-likeness (QED) is 0.881. The first-order valence-corrected chi connectivity index (χ1v) is 8.58. The normalized spacial score (nSPS) is 14.7. The Morgan fingerprint density at radius 1 is 1.25 bits per heavy atom. The molecule has 5 heteroatoms. The third kappa shape index (κ3) is 4.31. The molecule has 0 saturated heterocycles. The van der Waals surface area contributed by atoms with Gasteiger partial charge in [-0.05, 0) is 43.5 Å². The van der Waals surface area contributed by atoms with E-state index in [2.05, 4.69) is 15.3 Å². The number of anilines is 1. The van der Waals surface area contributed by atoms with Crippen LogP contribution in [-0.4, -0.2) is 15.9 Å². The summed E-state index contributed by atoms with van der Waals surface area (Å²) in [7, 11) is 0. The molecule has 1 aliphatic carbocycles. The Morgan fingerprint density at radius 2 is 1.96 bits per heavy atom. The lowest BCUT2D eigenvalue weighted by Gasteiger charge is -2.09. The molecule has 0 unspecified atom stereocenters. The number of carbonyl (C=O) groups excluding carboxylic acids is 1. The van der Waals surface area contributed by atoms with E-state index >= 15 is 0 Å². The Morgan fingerprint density at radius 3 is 2.62 bits per heavy atom. The monoisotopic (exact) mass is 325 g/mol. The van der Waals surface area contributed by atoms with Crippen LogP contribution in [0.1, 0.15) is 44.2 Å². The van der Waals surface area contributed by atoms with E-state index in [-0.39, 0.29) is 11.5 Å². The fourth-order valence-electron chi connectivity index (χ4n) is 3.28. The number of nitrogens with one attached hydrogen (secondary N) is 2. The van der Waals surface area contributed by atoms with Gasteiger partial charge in [0.15, 0.2) is 0 Å². The summed E-state index contributed by atoms with van der Waals surface area (Å²) >= 11 is 0. The molecule has 1 saturated carbocycles. The summed E-state index contributed by atoms with van der Waals surface area (Å²) in [5.41, 5.74) is 2.10. The molecule has 1 aromatic carbocycles. The number of amides is 1. The SMILES string of the molecule is Cc1cc(=O)[nH]c(-c2ccc(NC(=O)CCC3CCCC3)cc2)n1. The topological polar surface area (TPSA) is 74.8 Å². The Balaban J connectivity index is 1.59. The minimum absolute atomic E-state index is 0.0664. The van der Waals surface area contributed by atoms with Gasteiger partial charge in [0, 0.05) is 29.4 Å². The Kier molecular flexibility index (Phi) is 5.08. The highest BCUT2D eigenvalue weighted by Crippen LogP contribution is 2.28. The molecule has 0 aliphatic heterocycles. The van der Waals surface area contributed by atoms with Crippen molar-refractivity contribution in [3.63, 3.8) is 0 Å². The highest BCUT2D eigenvalue weighted by atomic mass is 16.1. The maximum absolute atomic E-state index is 12.0. The summed E-state index contributed by atoms with van der Waals surface area (Å²) in [6.07, 6.45) is 6.72. The van der Waals surface area contributed by atoms with Gasteiger partial charge in [-0.2, -0.15) is 0 Å². The van der Waals surface area contributed by atoms with Crippen molar-refractivity contribution in [2.75, 3.05) is 5.32 Å². The maximum atomic E-state index is 12.0. The zero-order chi connectivity index (χ0) is 16.9. The van der Waals surface area contributed by atoms with Crippen molar-refractivity contribution in [1.29, 1.82) is 0 Å². The number of carbonyl (C=O) groups is 1. The van der Waals surface area contributed by atoms with E-state index in [9.17, 15) is 9.59 Å². The zero-order valence-electron chi connectivity index (χ0n) is 14.0. The lowest BCUT2D eigenvalue weighted by molar-refractivity contribution is -0.116. The number of rotatable bonds is 5. The zero-order valence-corrected chi connectivity index (χ0v) is 14.0. The first-order chi connectivity index (χ1) is 11.6. The largest absolute Gasteiger partial charge is 0.326 e. The fraction of sp³-hybridized carbons (Fsp3) is 0.421. The Labute approximate surface area is 141 Å². The molecule has 1 aromatic heterocycles. The average Bonchev–Trinajstić information content (AvgIpc) is 3.06. The Hall–Kier alpha value is -2.43. The second-order valence-electron chi connectivity index (χ2n) is 6.55. The van der Waals surface area contributed by atoms with Gasteiger partial charge >= 0.3 is 0 Å². The van der Waals surface area contributed by atoms with E-state index in [0.29, 0.717) is 17.9 Å². The van der Waals surface area contributed by atoms with Crippen molar-refractivity contribution in [2.45, 2.75) is 45.4 Å². The van der Waals surface area contributed by atoms with Crippen molar-refractivity contribution in [3.8, 4) is 11.4 Å². The first-order valence-electron chi connectivity index (χ1n) is 8.58. The van der Waals surface area contributed by atoms with E-state index < -0.39 is 0 Å². The predicted octanol–water partition coefficient (Wildman–Crippen LogP) is 3.65. The molecule has 2 aromatic rings. The first kappa shape index (κ1) is 16.4. The molecule has 1 amide bonds. The van der Waals surface area contributed by atoms with E-state index in [4.69, 9.17) is 0 Å². The van der Waals surface area contributed by atoms with Crippen LogP contribution in [0.15, 0.2) is 35.1 Å². The van der Waals surface area contributed by atoms with Crippen molar-refractivity contribution < 1.29 is 4.79 Å². The molecule has 1 fully saturated rings. The second kappa shape index (κ2) is 7.43. The van der Waals surface area contributed by atoms with Crippen LogP contribution in [0, 0.1) is 12.8 Å². The third-order valence-electron chi connectivity index (χ3n) is 4.57. The molecule has 0 spiro atoms. The maximum Gasteiger partial charge on any atom is 0.251 e. The van der Waals surface area contributed by atoms with Gasteiger partial charge in [-0.15, -0.1) is 0 Å². The van der Waals surface area contributed by atoms with Gasteiger partial charge in [-0.25, -0.2) is 4.98 Å². The van der Waals surface area contributed by atoms with Gasteiger partial charge in [0.25, 0.3) is 5.56 Å². The van der Waals surface area contributed by atoms with E-state index in [0.717, 1.165) is 23.6 Å². The smallest absolute Gasteiger partial charge is 0.251 e. The Bertz CT molecular complexity index is 759.